The number of nitrogens with one attached hydrogen (secondary N) is 1. The summed E-state index contributed by atoms with van der Waals surface area (Å²) in [5.74, 6) is 0.913. The lowest BCUT2D eigenvalue weighted by Gasteiger charge is -2.08. The number of fused-ring (bicyclic) bond motifs is 1. The zero-order valence-corrected chi connectivity index (χ0v) is 16.3. The molecule has 0 unspecified atom stereocenters. The largest absolute Gasteiger partial charge is 0.438 e. The van der Waals surface area contributed by atoms with E-state index in [0.717, 1.165) is 0 Å². The van der Waals surface area contributed by atoms with Crippen LogP contribution in [0.25, 0.3) is 16.9 Å². The van der Waals surface area contributed by atoms with Crippen molar-refractivity contribution in [2.75, 3.05) is 7.05 Å². The molecule has 2 aromatic heterocycles. The highest BCUT2D eigenvalue weighted by atomic mass is 35.5. The quantitative estimate of drug-likeness (QED) is 0.537. The first-order chi connectivity index (χ1) is 13.5. The van der Waals surface area contributed by atoms with Gasteiger partial charge in [-0.2, -0.15) is 0 Å². The summed E-state index contributed by atoms with van der Waals surface area (Å²) in [6.07, 6.45) is 1.64. The molecule has 7 nitrogen and oxygen atoms in total. The molecule has 4 aromatic rings. The summed E-state index contributed by atoms with van der Waals surface area (Å²) in [6, 6.07) is 17.0. The molecular formula is C19H15ClN4O3S. The lowest BCUT2D eigenvalue weighted by atomic mass is 10.2. The molecule has 2 aromatic carbocycles. The van der Waals surface area contributed by atoms with Gasteiger partial charge in [0.15, 0.2) is 5.65 Å². The molecule has 0 bridgehead atoms. The van der Waals surface area contributed by atoms with Crippen molar-refractivity contribution in [1.29, 1.82) is 0 Å². The monoisotopic (exact) mass is 414 g/mol. The number of halogens is 1. The van der Waals surface area contributed by atoms with Crippen LogP contribution in [0.2, 0.25) is 5.02 Å². The van der Waals surface area contributed by atoms with Crippen LogP contribution in [0.1, 0.15) is 0 Å². The van der Waals surface area contributed by atoms with Gasteiger partial charge in [0.05, 0.1) is 16.8 Å². The van der Waals surface area contributed by atoms with E-state index in [2.05, 4.69) is 14.8 Å². The number of ether oxygens (including phenoxy) is 1. The van der Waals surface area contributed by atoms with Gasteiger partial charge in [0.1, 0.15) is 5.75 Å². The van der Waals surface area contributed by atoms with Gasteiger partial charge in [0, 0.05) is 16.7 Å². The molecule has 1 N–H and O–H groups in total. The number of sulfonamides is 1. The number of hydrogen-bond acceptors (Lipinski definition) is 5. The topological polar surface area (TPSA) is 85.6 Å². The fourth-order valence-corrected chi connectivity index (χ4v) is 3.66. The first-order valence-corrected chi connectivity index (χ1v) is 10.1. The van der Waals surface area contributed by atoms with E-state index >= 15 is 0 Å². The van der Waals surface area contributed by atoms with Crippen molar-refractivity contribution < 1.29 is 13.2 Å². The number of hydrogen-bond donors (Lipinski definition) is 1. The van der Waals surface area contributed by atoms with E-state index in [-0.39, 0.29) is 4.90 Å². The van der Waals surface area contributed by atoms with Crippen molar-refractivity contribution in [2.24, 2.45) is 0 Å². The molecule has 0 radical (unpaired) electrons. The smallest absolute Gasteiger partial charge is 0.240 e. The zero-order chi connectivity index (χ0) is 19.7. The van der Waals surface area contributed by atoms with E-state index in [1.165, 1.54) is 13.1 Å². The van der Waals surface area contributed by atoms with Gasteiger partial charge in [-0.05, 0) is 43.4 Å². The Kier molecular flexibility index (Phi) is 4.76. The van der Waals surface area contributed by atoms with E-state index in [9.17, 15) is 8.42 Å². The highest BCUT2D eigenvalue weighted by Crippen LogP contribution is 2.26. The predicted molar refractivity (Wildman–Crippen MR) is 106 cm³/mol. The normalized spacial score (nSPS) is 11.6. The second-order valence-corrected chi connectivity index (χ2v) is 8.20. The second-order valence-electron chi connectivity index (χ2n) is 5.88. The minimum atomic E-state index is -3.56. The molecule has 0 aliphatic heterocycles. The predicted octanol–water partition coefficient (Wildman–Crippen LogP) is 3.75. The molecule has 0 fully saturated rings. The van der Waals surface area contributed by atoms with Gasteiger partial charge in [-0.3, -0.25) is 0 Å². The molecular weight excluding hydrogens is 400 g/mol. The Hall–Kier alpha value is -2.94. The third kappa shape index (κ3) is 3.57. The molecule has 0 aliphatic carbocycles. The van der Waals surface area contributed by atoms with Crippen molar-refractivity contribution in [3.8, 4) is 22.9 Å². The molecule has 4 rings (SSSR count). The van der Waals surface area contributed by atoms with Gasteiger partial charge in [0.25, 0.3) is 0 Å². The molecule has 0 aliphatic rings. The van der Waals surface area contributed by atoms with Crippen LogP contribution in [-0.4, -0.2) is 30.1 Å². The van der Waals surface area contributed by atoms with Crippen molar-refractivity contribution in [2.45, 2.75) is 4.90 Å². The summed E-state index contributed by atoms with van der Waals surface area (Å²) in [5, 5.41) is 5.03. The van der Waals surface area contributed by atoms with Crippen LogP contribution in [0.4, 0.5) is 0 Å². The van der Waals surface area contributed by atoms with Gasteiger partial charge < -0.3 is 4.74 Å². The minimum absolute atomic E-state index is 0.161. The average Bonchev–Trinajstić information content (AvgIpc) is 3.11. The third-order valence-corrected chi connectivity index (χ3v) is 5.71. The highest BCUT2D eigenvalue weighted by Gasteiger charge is 2.14. The maximum atomic E-state index is 12.1. The molecule has 0 amide bonds. The number of benzene rings is 2. The van der Waals surface area contributed by atoms with Crippen molar-refractivity contribution in [3.05, 3.63) is 71.9 Å². The molecule has 28 heavy (non-hydrogen) atoms. The van der Waals surface area contributed by atoms with Crippen LogP contribution in [0.3, 0.4) is 0 Å². The lowest BCUT2D eigenvalue weighted by molar-refractivity contribution is 0.453. The van der Waals surface area contributed by atoms with Crippen molar-refractivity contribution in [1.82, 2.24) is 19.3 Å². The van der Waals surface area contributed by atoms with Gasteiger partial charge in [-0.15, -0.1) is 5.10 Å². The van der Waals surface area contributed by atoms with Crippen LogP contribution in [0.5, 0.6) is 11.6 Å². The van der Waals surface area contributed by atoms with Crippen molar-refractivity contribution in [3.63, 3.8) is 0 Å². The Bertz CT molecular complexity index is 1270. The summed E-state index contributed by atoms with van der Waals surface area (Å²) in [6.45, 7) is 0. The standard InChI is InChI=1S/C19H15ClN4O3S/c1-21-28(25,26)16-7-2-4-13(10-16)17-12-22-18-8-9-19(23-24(17)18)27-15-6-3-5-14(20)11-15/h2-12,21H,1H3. The fraction of sp³-hybridized carbons (Fsp3) is 0.0526. The lowest BCUT2D eigenvalue weighted by Crippen LogP contribution is -2.18. The Morgan fingerprint density at radius 1 is 1.07 bits per heavy atom. The number of rotatable bonds is 5. The molecule has 9 heteroatoms. The Morgan fingerprint density at radius 3 is 2.68 bits per heavy atom. The summed E-state index contributed by atoms with van der Waals surface area (Å²) < 4.78 is 33.9. The Labute approximate surface area is 166 Å². The number of nitrogens with zero attached hydrogens (tertiary/aromatic N) is 3. The molecule has 2 heterocycles. The average molecular weight is 415 g/mol. The number of aromatic nitrogens is 3. The molecule has 0 spiro atoms. The Balaban J connectivity index is 1.76. The Morgan fingerprint density at radius 2 is 1.89 bits per heavy atom. The second kappa shape index (κ2) is 7.23. The van der Waals surface area contributed by atoms with Crippen LogP contribution in [0, 0.1) is 0 Å². The maximum Gasteiger partial charge on any atom is 0.240 e. The van der Waals surface area contributed by atoms with E-state index in [1.54, 1.807) is 65.3 Å². The minimum Gasteiger partial charge on any atom is -0.438 e. The third-order valence-electron chi connectivity index (χ3n) is 4.07. The summed E-state index contributed by atoms with van der Waals surface area (Å²) in [7, 11) is -2.18. The van der Waals surface area contributed by atoms with Crippen LogP contribution >= 0.6 is 11.6 Å². The number of imidazole rings is 1. The SMILES string of the molecule is CNS(=O)(=O)c1cccc(-c2cnc3ccc(Oc4cccc(Cl)c4)nn23)c1. The highest BCUT2D eigenvalue weighted by molar-refractivity contribution is 7.89. The van der Waals surface area contributed by atoms with E-state index in [4.69, 9.17) is 16.3 Å². The maximum absolute atomic E-state index is 12.1. The van der Waals surface area contributed by atoms with E-state index in [0.29, 0.717) is 33.6 Å². The van der Waals surface area contributed by atoms with E-state index in [1.807, 2.05) is 0 Å². The molecule has 0 saturated heterocycles. The molecule has 0 saturated carbocycles. The molecule has 0 atom stereocenters. The first kappa shape index (κ1) is 18.4. The van der Waals surface area contributed by atoms with Crippen molar-refractivity contribution >= 4 is 27.3 Å². The van der Waals surface area contributed by atoms with Gasteiger partial charge in [0.2, 0.25) is 15.9 Å². The fourth-order valence-electron chi connectivity index (χ4n) is 2.70. The summed E-state index contributed by atoms with van der Waals surface area (Å²) >= 11 is 5.99. The first-order valence-electron chi connectivity index (χ1n) is 8.28. The summed E-state index contributed by atoms with van der Waals surface area (Å²) in [5.41, 5.74) is 1.91. The van der Waals surface area contributed by atoms with Crippen LogP contribution in [0.15, 0.2) is 71.8 Å². The molecule has 142 valence electrons. The summed E-state index contributed by atoms with van der Waals surface area (Å²) in [4.78, 5) is 4.49. The van der Waals surface area contributed by atoms with E-state index < -0.39 is 10.0 Å². The van der Waals surface area contributed by atoms with Crippen LogP contribution < -0.4 is 9.46 Å². The van der Waals surface area contributed by atoms with Crippen LogP contribution in [-0.2, 0) is 10.0 Å². The van der Waals surface area contributed by atoms with Gasteiger partial charge >= 0.3 is 0 Å². The van der Waals surface area contributed by atoms with Gasteiger partial charge in [-0.25, -0.2) is 22.6 Å². The zero-order valence-electron chi connectivity index (χ0n) is 14.7. The van der Waals surface area contributed by atoms with Gasteiger partial charge in [-0.1, -0.05) is 29.8 Å².